The quantitative estimate of drug-likeness (QED) is 0.711. The Hall–Kier alpha value is -1.40. The lowest BCUT2D eigenvalue weighted by atomic mass is 10.1. The Morgan fingerprint density at radius 3 is 3.14 bits per heavy atom. The minimum absolute atomic E-state index is 0.150. The van der Waals surface area contributed by atoms with Gasteiger partial charge in [0.25, 0.3) is 0 Å². The van der Waals surface area contributed by atoms with Crippen LogP contribution in [0.4, 0.5) is 0 Å². The number of aromatic nitrogens is 2. The number of halogens is 1. The van der Waals surface area contributed by atoms with Crippen LogP contribution in [-0.2, 0) is 6.54 Å². The average molecular weight is 321 g/mol. The lowest BCUT2D eigenvalue weighted by Gasteiger charge is -2.15. The molecule has 0 radical (unpaired) electrons. The molecule has 0 amide bonds. The van der Waals surface area contributed by atoms with Crippen molar-refractivity contribution in [2.45, 2.75) is 19.1 Å². The van der Waals surface area contributed by atoms with E-state index in [9.17, 15) is 5.11 Å². The van der Waals surface area contributed by atoms with Crippen LogP contribution < -0.4 is 5.32 Å². The number of rotatable bonds is 6. The second kappa shape index (κ2) is 7.24. The van der Waals surface area contributed by atoms with Gasteiger partial charge in [0.2, 0.25) is 0 Å². The van der Waals surface area contributed by atoms with Crippen molar-refractivity contribution >= 4 is 11.6 Å². The number of aliphatic hydroxyl groups excluding tert-OH is 1. The third kappa shape index (κ3) is 3.87. The molecule has 0 spiro atoms. The number of hydrogen-bond donors (Lipinski definition) is 3. The predicted molar refractivity (Wildman–Crippen MR) is 87.8 cm³/mol. The van der Waals surface area contributed by atoms with E-state index < -0.39 is 0 Å². The van der Waals surface area contributed by atoms with E-state index in [1.54, 1.807) is 0 Å². The van der Waals surface area contributed by atoms with E-state index in [4.69, 9.17) is 11.6 Å². The molecule has 0 saturated carbocycles. The zero-order valence-electron chi connectivity index (χ0n) is 12.4. The fourth-order valence-electron chi connectivity index (χ4n) is 2.81. The van der Waals surface area contributed by atoms with Gasteiger partial charge in [0.05, 0.1) is 18.0 Å². The van der Waals surface area contributed by atoms with Gasteiger partial charge in [-0.1, -0.05) is 23.7 Å². The number of likely N-dealkylation sites (tertiary alicyclic amines) is 1. The van der Waals surface area contributed by atoms with Crippen LogP contribution in [0.2, 0.25) is 5.02 Å². The van der Waals surface area contributed by atoms with Crippen molar-refractivity contribution in [2.24, 2.45) is 0 Å². The van der Waals surface area contributed by atoms with E-state index in [2.05, 4.69) is 20.4 Å². The van der Waals surface area contributed by atoms with Gasteiger partial charge >= 0.3 is 0 Å². The highest BCUT2D eigenvalue weighted by molar-refractivity contribution is 6.30. The van der Waals surface area contributed by atoms with Crippen molar-refractivity contribution < 1.29 is 5.11 Å². The van der Waals surface area contributed by atoms with Gasteiger partial charge in [-0.3, -0.25) is 10.00 Å². The van der Waals surface area contributed by atoms with E-state index in [0.717, 1.165) is 61.0 Å². The Labute approximate surface area is 135 Å². The molecule has 22 heavy (non-hydrogen) atoms. The van der Waals surface area contributed by atoms with Crippen LogP contribution in [0.5, 0.6) is 0 Å². The summed E-state index contributed by atoms with van der Waals surface area (Å²) in [4.78, 5) is 2.28. The molecule has 1 atom stereocenters. The fourth-order valence-corrected chi connectivity index (χ4v) is 3.00. The minimum atomic E-state index is -0.150. The molecule has 1 saturated heterocycles. The van der Waals surface area contributed by atoms with Crippen LogP contribution in [0.25, 0.3) is 11.3 Å². The molecule has 3 rings (SSSR count). The van der Waals surface area contributed by atoms with Gasteiger partial charge in [-0.05, 0) is 18.6 Å². The molecule has 5 nitrogen and oxygen atoms in total. The summed E-state index contributed by atoms with van der Waals surface area (Å²) < 4.78 is 0. The Morgan fingerprint density at radius 1 is 1.45 bits per heavy atom. The molecule has 6 heteroatoms. The number of hydrogen-bond acceptors (Lipinski definition) is 4. The normalized spacial score (nSPS) is 18.9. The van der Waals surface area contributed by atoms with Gasteiger partial charge in [-0.25, -0.2) is 0 Å². The van der Waals surface area contributed by atoms with E-state index in [-0.39, 0.29) is 6.10 Å². The number of aliphatic hydroxyl groups is 1. The lowest BCUT2D eigenvalue weighted by molar-refractivity contribution is 0.176. The molecule has 0 aliphatic carbocycles. The van der Waals surface area contributed by atoms with E-state index in [1.165, 1.54) is 0 Å². The molecular weight excluding hydrogens is 300 g/mol. The third-order valence-corrected chi connectivity index (χ3v) is 4.23. The van der Waals surface area contributed by atoms with Crippen LogP contribution in [0, 0.1) is 0 Å². The number of nitrogens with one attached hydrogen (secondary N) is 2. The summed E-state index contributed by atoms with van der Waals surface area (Å²) in [6.07, 6.45) is 2.59. The van der Waals surface area contributed by atoms with Crippen molar-refractivity contribution in [3.8, 4) is 11.3 Å². The van der Waals surface area contributed by atoms with Crippen molar-refractivity contribution in [2.75, 3.05) is 26.2 Å². The summed E-state index contributed by atoms with van der Waals surface area (Å²) in [7, 11) is 0. The monoisotopic (exact) mass is 320 g/mol. The summed E-state index contributed by atoms with van der Waals surface area (Å²) in [5.41, 5.74) is 3.18. The lowest BCUT2D eigenvalue weighted by Crippen LogP contribution is -2.31. The Balaban J connectivity index is 1.52. The van der Waals surface area contributed by atoms with Crippen molar-refractivity contribution in [3.63, 3.8) is 0 Å². The van der Waals surface area contributed by atoms with Gasteiger partial charge in [0.1, 0.15) is 0 Å². The minimum Gasteiger partial charge on any atom is -0.392 e. The van der Waals surface area contributed by atoms with Gasteiger partial charge in [-0.15, -0.1) is 0 Å². The molecule has 1 aliphatic rings. The van der Waals surface area contributed by atoms with Crippen LogP contribution in [0.15, 0.2) is 30.5 Å². The molecule has 2 heterocycles. The molecule has 2 aromatic rings. The largest absolute Gasteiger partial charge is 0.392 e. The smallest absolute Gasteiger partial charge is 0.0695 e. The Kier molecular flexibility index (Phi) is 5.10. The summed E-state index contributed by atoms with van der Waals surface area (Å²) in [5, 5.41) is 20.9. The number of nitrogens with zero attached hydrogens (tertiary/aromatic N) is 2. The Bertz CT molecular complexity index is 616. The first-order valence-corrected chi connectivity index (χ1v) is 7.99. The number of β-amino-alcohol motifs (C(OH)–C–C–N with tert-alkyl or cyclic N) is 1. The Morgan fingerprint density at radius 2 is 2.36 bits per heavy atom. The van der Waals surface area contributed by atoms with Gasteiger partial charge in [0.15, 0.2) is 0 Å². The summed E-state index contributed by atoms with van der Waals surface area (Å²) in [5.74, 6) is 0. The molecule has 1 aromatic heterocycles. The first-order valence-electron chi connectivity index (χ1n) is 7.61. The van der Waals surface area contributed by atoms with Crippen molar-refractivity contribution in [1.29, 1.82) is 0 Å². The maximum atomic E-state index is 9.51. The molecule has 0 bridgehead atoms. The zero-order chi connectivity index (χ0) is 15.4. The van der Waals surface area contributed by atoms with E-state index >= 15 is 0 Å². The summed E-state index contributed by atoms with van der Waals surface area (Å²) >= 11 is 6.05. The first kappa shape index (κ1) is 15.5. The number of aromatic amines is 1. The van der Waals surface area contributed by atoms with Crippen LogP contribution in [0.3, 0.4) is 0 Å². The van der Waals surface area contributed by atoms with Crippen LogP contribution in [0.1, 0.15) is 12.0 Å². The van der Waals surface area contributed by atoms with E-state index in [1.807, 2.05) is 30.5 Å². The highest BCUT2D eigenvalue weighted by Gasteiger charge is 2.19. The molecule has 1 fully saturated rings. The molecule has 0 unspecified atom stereocenters. The number of H-pyrrole nitrogens is 1. The van der Waals surface area contributed by atoms with Crippen molar-refractivity contribution in [3.05, 3.63) is 41.0 Å². The average Bonchev–Trinajstić information content (AvgIpc) is 3.12. The zero-order valence-corrected chi connectivity index (χ0v) is 13.2. The van der Waals surface area contributed by atoms with E-state index in [0.29, 0.717) is 0 Å². The maximum absolute atomic E-state index is 9.51. The molecule has 1 aliphatic heterocycles. The second-order valence-corrected chi connectivity index (χ2v) is 6.14. The topological polar surface area (TPSA) is 64.2 Å². The standard InChI is InChI=1S/C16H21ClN4O/c17-14-3-1-2-12(8-14)16-13(10-19-20-16)9-18-5-7-21-6-4-15(22)11-21/h1-3,8,10,15,18,22H,4-7,9,11H2,(H,19,20)/t15-/m0/s1. The summed E-state index contributed by atoms with van der Waals surface area (Å²) in [6.45, 7) is 4.40. The molecule has 3 N–H and O–H groups in total. The predicted octanol–water partition coefficient (Wildman–Crippen LogP) is 1.89. The first-order chi connectivity index (χ1) is 10.7. The fraction of sp³-hybridized carbons (Fsp3) is 0.438. The molecule has 118 valence electrons. The number of benzene rings is 1. The SMILES string of the molecule is O[C@H]1CCN(CCNCc2cn[nH]c2-c2cccc(Cl)c2)C1. The maximum Gasteiger partial charge on any atom is 0.0695 e. The van der Waals surface area contributed by atoms with Gasteiger partial charge < -0.3 is 10.4 Å². The highest BCUT2D eigenvalue weighted by atomic mass is 35.5. The highest BCUT2D eigenvalue weighted by Crippen LogP contribution is 2.23. The van der Waals surface area contributed by atoms with Gasteiger partial charge in [-0.2, -0.15) is 5.10 Å². The van der Waals surface area contributed by atoms with Gasteiger partial charge in [0, 0.05) is 48.9 Å². The van der Waals surface area contributed by atoms with Crippen LogP contribution >= 0.6 is 11.6 Å². The van der Waals surface area contributed by atoms with Crippen molar-refractivity contribution in [1.82, 2.24) is 20.4 Å². The molecule has 1 aromatic carbocycles. The second-order valence-electron chi connectivity index (χ2n) is 5.70. The third-order valence-electron chi connectivity index (χ3n) is 4.00. The van der Waals surface area contributed by atoms with Crippen LogP contribution in [-0.4, -0.2) is 52.5 Å². The summed E-state index contributed by atoms with van der Waals surface area (Å²) in [6, 6.07) is 7.76. The molecular formula is C16H21ClN4O.